The van der Waals surface area contributed by atoms with E-state index in [1.54, 1.807) is 6.92 Å². The minimum atomic E-state index is -4.82. The molecule has 0 aliphatic carbocycles. The highest BCUT2D eigenvalue weighted by Gasteiger charge is 2.33. The van der Waals surface area contributed by atoms with E-state index in [4.69, 9.17) is 10.2 Å². The molecule has 2 N–H and O–H groups in total. The summed E-state index contributed by atoms with van der Waals surface area (Å²) in [5.74, 6) is -4.20. The van der Waals surface area contributed by atoms with Crippen molar-refractivity contribution in [2.45, 2.75) is 45.1 Å². The van der Waals surface area contributed by atoms with Gasteiger partial charge in [0.25, 0.3) is 0 Å². The summed E-state index contributed by atoms with van der Waals surface area (Å²) in [6.45, 7) is 1.19. The number of halogens is 3. The second kappa shape index (κ2) is 9.82. The van der Waals surface area contributed by atoms with Gasteiger partial charge in [-0.25, -0.2) is 9.59 Å². The maximum Gasteiger partial charge on any atom is 0.522 e. The zero-order valence-corrected chi connectivity index (χ0v) is 12.3. The molecule has 0 saturated heterocycles. The summed E-state index contributed by atoms with van der Waals surface area (Å²) >= 11 is 0. The summed E-state index contributed by atoms with van der Waals surface area (Å²) < 4.78 is 45.0. The van der Waals surface area contributed by atoms with Gasteiger partial charge in [-0.1, -0.05) is 13.3 Å². The average molecular weight is 342 g/mol. The Kier molecular flexibility index (Phi) is 8.93. The van der Waals surface area contributed by atoms with Crippen molar-refractivity contribution in [3.8, 4) is 0 Å². The molecule has 0 aliphatic heterocycles. The van der Waals surface area contributed by atoms with Crippen molar-refractivity contribution in [3.05, 3.63) is 11.6 Å². The molecule has 0 aromatic carbocycles. The van der Waals surface area contributed by atoms with Gasteiger partial charge in [-0.05, 0) is 6.42 Å². The van der Waals surface area contributed by atoms with Gasteiger partial charge in [0, 0.05) is 12.5 Å². The van der Waals surface area contributed by atoms with Gasteiger partial charge in [0.15, 0.2) is 0 Å². The Balaban J connectivity index is 4.58. The molecule has 0 spiro atoms. The fraction of sp³-hybridized carbons (Fsp3) is 0.615. The molecule has 0 fully saturated rings. The summed E-state index contributed by atoms with van der Waals surface area (Å²) in [6, 6.07) is 0. The van der Waals surface area contributed by atoms with Crippen molar-refractivity contribution in [1.82, 2.24) is 0 Å². The maximum atomic E-state index is 12.2. The highest BCUT2D eigenvalue weighted by molar-refractivity contribution is 5.99. The number of carboxylic acids is 2. The van der Waals surface area contributed by atoms with Gasteiger partial charge in [-0.15, -0.1) is 13.2 Å². The molecule has 23 heavy (non-hydrogen) atoms. The number of carbonyl (C=O) groups excluding carboxylic acids is 1. The van der Waals surface area contributed by atoms with Crippen LogP contribution >= 0.6 is 0 Å². The van der Waals surface area contributed by atoms with Crippen LogP contribution < -0.4 is 0 Å². The third-order valence-corrected chi connectivity index (χ3v) is 2.49. The number of hydrogen-bond donors (Lipinski definition) is 2. The van der Waals surface area contributed by atoms with Crippen LogP contribution in [-0.2, 0) is 23.9 Å². The van der Waals surface area contributed by atoms with Crippen LogP contribution in [0.25, 0.3) is 0 Å². The standard InChI is InChI=1S/C13H17F3O7/c1-2-3-9(23-13(14,15)16)4-5-22-12(21)8(6-10(17)18)7-11(19)20/h6,9H,2-5,7H2,1H3,(H,17,18)(H,19,20)/b8-6-. The molecular formula is C13H17F3O7. The van der Waals surface area contributed by atoms with Gasteiger partial charge < -0.3 is 14.9 Å². The molecule has 0 aromatic rings. The van der Waals surface area contributed by atoms with Gasteiger partial charge in [0.2, 0.25) is 0 Å². The number of alkyl halides is 3. The molecule has 0 aliphatic rings. The normalized spacial score (nSPS) is 13.5. The second-order valence-corrected chi connectivity index (χ2v) is 4.48. The number of esters is 1. The van der Waals surface area contributed by atoms with Gasteiger partial charge in [-0.3, -0.25) is 9.53 Å². The van der Waals surface area contributed by atoms with Crippen LogP contribution in [0.1, 0.15) is 32.6 Å². The first-order chi connectivity index (χ1) is 10.5. The number of hydrogen-bond acceptors (Lipinski definition) is 5. The summed E-state index contributed by atoms with van der Waals surface area (Å²) in [4.78, 5) is 32.6. The summed E-state index contributed by atoms with van der Waals surface area (Å²) in [5.41, 5.74) is -0.617. The number of carboxylic acid groups (broad SMARTS) is 2. The molecule has 0 radical (unpaired) electrons. The van der Waals surface area contributed by atoms with E-state index in [0.29, 0.717) is 12.5 Å². The van der Waals surface area contributed by atoms with Gasteiger partial charge in [0.1, 0.15) is 0 Å². The fourth-order valence-electron chi connectivity index (χ4n) is 1.64. The number of ether oxygens (including phenoxy) is 2. The molecule has 0 aromatic heterocycles. The van der Waals surface area contributed by atoms with Crippen LogP contribution in [0.2, 0.25) is 0 Å². The molecule has 7 nitrogen and oxygen atoms in total. The monoisotopic (exact) mass is 342 g/mol. The first kappa shape index (κ1) is 20.9. The summed E-state index contributed by atoms with van der Waals surface area (Å²) in [5, 5.41) is 17.1. The number of carbonyl (C=O) groups is 3. The minimum absolute atomic E-state index is 0.0873. The Morgan fingerprint density at radius 2 is 1.78 bits per heavy atom. The molecule has 0 saturated carbocycles. The zero-order valence-electron chi connectivity index (χ0n) is 12.3. The molecule has 132 valence electrons. The quantitative estimate of drug-likeness (QED) is 0.462. The number of rotatable bonds is 10. The van der Waals surface area contributed by atoms with E-state index < -0.39 is 49.0 Å². The van der Waals surface area contributed by atoms with E-state index >= 15 is 0 Å². The molecule has 0 amide bonds. The van der Waals surface area contributed by atoms with Gasteiger partial charge >= 0.3 is 24.3 Å². The lowest BCUT2D eigenvalue weighted by molar-refractivity contribution is -0.344. The van der Waals surface area contributed by atoms with Crippen LogP contribution in [-0.4, -0.2) is 47.2 Å². The van der Waals surface area contributed by atoms with Crippen LogP contribution in [0.4, 0.5) is 13.2 Å². The first-order valence-corrected chi connectivity index (χ1v) is 6.62. The molecule has 0 heterocycles. The van der Waals surface area contributed by atoms with Crippen LogP contribution in [0.3, 0.4) is 0 Å². The molecule has 0 rings (SSSR count). The molecule has 0 bridgehead atoms. The molecule has 1 atom stereocenters. The highest BCUT2D eigenvalue weighted by Crippen LogP contribution is 2.22. The van der Waals surface area contributed by atoms with Crippen LogP contribution in [0.5, 0.6) is 0 Å². The van der Waals surface area contributed by atoms with E-state index in [2.05, 4.69) is 9.47 Å². The maximum absolute atomic E-state index is 12.2. The van der Waals surface area contributed by atoms with E-state index in [9.17, 15) is 27.6 Å². The van der Waals surface area contributed by atoms with E-state index in [1.165, 1.54) is 0 Å². The van der Waals surface area contributed by atoms with E-state index in [0.717, 1.165) is 0 Å². The predicted molar refractivity (Wildman–Crippen MR) is 69.4 cm³/mol. The minimum Gasteiger partial charge on any atom is -0.481 e. The van der Waals surface area contributed by atoms with Crippen molar-refractivity contribution >= 4 is 17.9 Å². The Bertz CT molecular complexity index is 457. The molecular weight excluding hydrogens is 325 g/mol. The van der Waals surface area contributed by atoms with E-state index in [-0.39, 0.29) is 12.8 Å². The van der Waals surface area contributed by atoms with Gasteiger partial charge in [-0.2, -0.15) is 0 Å². The lowest BCUT2D eigenvalue weighted by Crippen LogP contribution is -2.25. The Morgan fingerprint density at radius 3 is 2.22 bits per heavy atom. The highest BCUT2D eigenvalue weighted by atomic mass is 19.4. The third kappa shape index (κ3) is 11.2. The van der Waals surface area contributed by atoms with Crippen molar-refractivity contribution in [3.63, 3.8) is 0 Å². The Hall–Kier alpha value is -2.10. The average Bonchev–Trinajstić information content (AvgIpc) is 2.34. The summed E-state index contributed by atoms with van der Waals surface area (Å²) in [6.07, 6.45) is -6.27. The van der Waals surface area contributed by atoms with Gasteiger partial charge in [0.05, 0.1) is 24.7 Å². The van der Waals surface area contributed by atoms with Crippen molar-refractivity contribution < 1.29 is 47.2 Å². The topological polar surface area (TPSA) is 110 Å². The second-order valence-electron chi connectivity index (χ2n) is 4.48. The lowest BCUT2D eigenvalue weighted by Gasteiger charge is -2.18. The fourth-order valence-corrected chi connectivity index (χ4v) is 1.64. The van der Waals surface area contributed by atoms with Crippen LogP contribution in [0.15, 0.2) is 11.6 Å². The summed E-state index contributed by atoms with van der Waals surface area (Å²) in [7, 11) is 0. The van der Waals surface area contributed by atoms with Crippen molar-refractivity contribution in [2.75, 3.05) is 6.61 Å². The lowest BCUT2D eigenvalue weighted by atomic mass is 10.1. The Labute approximate surface area is 129 Å². The van der Waals surface area contributed by atoms with E-state index in [1.807, 2.05) is 0 Å². The third-order valence-electron chi connectivity index (χ3n) is 2.49. The van der Waals surface area contributed by atoms with Crippen molar-refractivity contribution in [2.24, 2.45) is 0 Å². The smallest absolute Gasteiger partial charge is 0.481 e. The largest absolute Gasteiger partial charge is 0.522 e. The molecule has 1 unspecified atom stereocenters. The number of aliphatic carboxylic acids is 2. The first-order valence-electron chi connectivity index (χ1n) is 6.62. The molecule has 10 heteroatoms. The zero-order chi connectivity index (χ0) is 18.0. The Morgan fingerprint density at radius 1 is 1.17 bits per heavy atom. The van der Waals surface area contributed by atoms with Crippen molar-refractivity contribution in [1.29, 1.82) is 0 Å². The SMILES string of the molecule is CCCC(CCOC(=O)/C(=C\C(=O)O)CC(=O)O)OC(F)(F)F. The predicted octanol–water partition coefficient (Wildman–Crippen LogP) is 2.11. The van der Waals surface area contributed by atoms with Crippen LogP contribution in [0, 0.1) is 0 Å².